The van der Waals surface area contributed by atoms with E-state index in [-0.39, 0.29) is 11.9 Å². The molecule has 0 aliphatic carbocycles. The van der Waals surface area contributed by atoms with E-state index in [0.29, 0.717) is 11.1 Å². The molecule has 0 aliphatic heterocycles. The third-order valence-corrected chi connectivity index (χ3v) is 4.02. The number of nitrogens with zero attached hydrogens (tertiary/aromatic N) is 1. The summed E-state index contributed by atoms with van der Waals surface area (Å²) in [6.07, 6.45) is 1.82. The largest absolute Gasteiger partial charge is 0.361 e. The van der Waals surface area contributed by atoms with Crippen molar-refractivity contribution in [1.29, 1.82) is 0 Å². The molecule has 0 saturated heterocycles. The van der Waals surface area contributed by atoms with Crippen LogP contribution in [0.25, 0.3) is 21.7 Å². The van der Waals surface area contributed by atoms with Gasteiger partial charge in [0.05, 0.1) is 10.8 Å². The summed E-state index contributed by atoms with van der Waals surface area (Å²) in [5.74, 6) is -0.400. The summed E-state index contributed by atoms with van der Waals surface area (Å²) >= 11 is 0. The van der Waals surface area contributed by atoms with E-state index in [1.54, 1.807) is 30.3 Å². The molecule has 0 spiro atoms. The minimum atomic E-state index is -0.411. The van der Waals surface area contributed by atoms with E-state index in [0.717, 1.165) is 15.6 Å². The highest BCUT2D eigenvalue weighted by Crippen LogP contribution is 2.17. The SMILES string of the molecule is O=C(Cn1[nH]c(=O)c2ccccc2c1=O)Nc1ccc2[nH]ccc2c1. The fourth-order valence-electron chi connectivity index (χ4n) is 2.83. The van der Waals surface area contributed by atoms with Gasteiger partial charge in [0.2, 0.25) is 5.91 Å². The minimum absolute atomic E-state index is 0.274. The van der Waals surface area contributed by atoms with Gasteiger partial charge in [0, 0.05) is 22.8 Å². The molecule has 2 aromatic carbocycles. The Bertz CT molecular complexity index is 1220. The summed E-state index contributed by atoms with van der Waals surface area (Å²) in [5.41, 5.74) is 0.768. The summed E-state index contributed by atoms with van der Waals surface area (Å²) in [5, 5.41) is 6.74. The molecule has 0 atom stereocenters. The molecule has 4 aromatic rings. The zero-order valence-corrected chi connectivity index (χ0v) is 13.1. The van der Waals surface area contributed by atoms with Crippen molar-refractivity contribution in [3.05, 3.63) is 75.4 Å². The van der Waals surface area contributed by atoms with E-state index in [2.05, 4.69) is 15.4 Å². The van der Waals surface area contributed by atoms with Crippen molar-refractivity contribution in [2.24, 2.45) is 0 Å². The van der Waals surface area contributed by atoms with Gasteiger partial charge in [-0.05, 0) is 36.4 Å². The Morgan fingerprint density at radius 3 is 2.68 bits per heavy atom. The van der Waals surface area contributed by atoms with Crippen LogP contribution in [0, 0.1) is 0 Å². The summed E-state index contributed by atoms with van der Waals surface area (Å²) in [4.78, 5) is 39.8. The lowest BCUT2D eigenvalue weighted by atomic mass is 10.2. The number of aromatic nitrogens is 3. The molecule has 0 aliphatic rings. The van der Waals surface area contributed by atoms with Crippen molar-refractivity contribution in [2.75, 3.05) is 5.32 Å². The highest BCUT2D eigenvalue weighted by molar-refractivity contribution is 5.93. The Kier molecular flexibility index (Phi) is 3.46. The fourth-order valence-corrected chi connectivity index (χ4v) is 2.83. The van der Waals surface area contributed by atoms with Gasteiger partial charge in [-0.25, -0.2) is 4.68 Å². The maximum absolute atomic E-state index is 12.4. The summed E-state index contributed by atoms with van der Waals surface area (Å²) < 4.78 is 1.02. The molecule has 2 heterocycles. The van der Waals surface area contributed by atoms with Crippen LogP contribution in [-0.2, 0) is 11.3 Å². The average Bonchev–Trinajstić information content (AvgIpc) is 3.07. The van der Waals surface area contributed by atoms with Crippen LogP contribution in [0.4, 0.5) is 5.69 Å². The Morgan fingerprint density at radius 1 is 1.04 bits per heavy atom. The Hall–Kier alpha value is -3.61. The number of H-pyrrole nitrogens is 2. The molecular weight excluding hydrogens is 320 g/mol. The maximum Gasteiger partial charge on any atom is 0.273 e. The second-order valence-electron chi connectivity index (χ2n) is 5.71. The second-order valence-corrected chi connectivity index (χ2v) is 5.71. The van der Waals surface area contributed by atoms with Crippen LogP contribution in [0.15, 0.2) is 64.3 Å². The van der Waals surface area contributed by atoms with Gasteiger partial charge >= 0.3 is 0 Å². The molecule has 0 fully saturated rings. The van der Waals surface area contributed by atoms with Crippen LogP contribution in [0.3, 0.4) is 0 Å². The van der Waals surface area contributed by atoms with Gasteiger partial charge in [0.25, 0.3) is 11.1 Å². The van der Waals surface area contributed by atoms with Gasteiger partial charge < -0.3 is 10.3 Å². The number of benzene rings is 2. The minimum Gasteiger partial charge on any atom is -0.361 e. The summed E-state index contributed by atoms with van der Waals surface area (Å²) in [6.45, 7) is -0.274. The quantitative estimate of drug-likeness (QED) is 0.533. The number of fused-ring (bicyclic) bond motifs is 2. The number of aromatic amines is 2. The van der Waals surface area contributed by atoms with Gasteiger partial charge in [-0.15, -0.1) is 0 Å². The van der Waals surface area contributed by atoms with Crippen LogP contribution in [-0.4, -0.2) is 20.7 Å². The van der Waals surface area contributed by atoms with Gasteiger partial charge in [-0.1, -0.05) is 12.1 Å². The van der Waals surface area contributed by atoms with Crippen molar-refractivity contribution in [3.63, 3.8) is 0 Å². The topological polar surface area (TPSA) is 99.8 Å². The smallest absolute Gasteiger partial charge is 0.273 e. The molecule has 0 saturated carbocycles. The molecule has 7 nitrogen and oxygen atoms in total. The van der Waals surface area contributed by atoms with Crippen LogP contribution in [0.2, 0.25) is 0 Å². The van der Waals surface area contributed by atoms with Gasteiger partial charge in [-0.3, -0.25) is 19.5 Å². The van der Waals surface area contributed by atoms with Crippen molar-refractivity contribution < 1.29 is 4.79 Å². The lowest BCUT2D eigenvalue weighted by molar-refractivity contribution is -0.117. The summed E-state index contributed by atoms with van der Waals surface area (Å²) in [7, 11) is 0. The normalized spacial score (nSPS) is 11.0. The third kappa shape index (κ3) is 2.72. The fraction of sp³-hybridized carbons (Fsp3) is 0.0556. The first-order valence-corrected chi connectivity index (χ1v) is 7.71. The molecule has 0 bridgehead atoms. The molecule has 7 heteroatoms. The monoisotopic (exact) mass is 334 g/mol. The number of anilines is 1. The Balaban J connectivity index is 1.62. The Labute approximate surface area is 140 Å². The van der Waals surface area contributed by atoms with Crippen molar-refractivity contribution in [1.82, 2.24) is 14.8 Å². The first-order valence-electron chi connectivity index (χ1n) is 7.71. The maximum atomic E-state index is 12.4. The molecule has 124 valence electrons. The van der Waals surface area contributed by atoms with Crippen molar-refractivity contribution in [3.8, 4) is 0 Å². The van der Waals surface area contributed by atoms with Gasteiger partial charge in [-0.2, -0.15) is 0 Å². The molecule has 4 rings (SSSR count). The van der Waals surface area contributed by atoms with E-state index >= 15 is 0 Å². The molecule has 3 N–H and O–H groups in total. The molecule has 0 unspecified atom stereocenters. The molecule has 0 radical (unpaired) electrons. The highest BCUT2D eigenvalue weighted by atomic mass is 16.2. The molecule has 1 amide bonds. The first kappa shape index (κ1) is 14.9. The standard InChI is InChI=1S/C18H14N4O3/c23-16(20-12-5-6-15-11(9-12)7-8-19-15)10-22-18(25)14-4-2-1-3-13(14)17(24)21-22/h1-9,19H,10H2,(H,20,23)(H,21,24). The molecule has 25 heavy (non-hydrogen) atoms. The van der Waals surface area contributed by atoms with E-state index in [4.69, 9.17) is 0 Å². The van der Waals surface area contributed by atoms with Crippen LogP contribution >= 0.6 is 0 Å². The zero-order valence-electron chi connectivity index (χ0n) is 13.1. The van der Waals surface area contributed by atoms with E-state index in [1.807, 2.05) is 24.4 Å². The van der Waals surface area contributed by atoms with Gasteiger partial charge in [0.1, 0.15) is 6.54 Å². The average molecular weight is 334 g/mol. The number of nitrogens with one attached hydrogen (secondary N) is 3. The third-order valence-electron chi connectivity index (χ3n) is 4.02. The zero-order chi connectivity index (χ0) is 17.4. The highest BCUT2D eigenvalue weighted by Gasteiger charge is 2.10. The number of hydrogen-bond acceptors (Lipinski definition) is 3. The molecular formula is C18H14N4O3. The predicted octanol–water partition coefficient (Wildman–Crippen LogP) is 1.81. The van der Waals surface area contributed by atoms with E-state index in [9.17, 15) is 14.4 Å². The van der Waals surface area contributed by atoms with E-state index in [1.165, 1.54) is 0 Å². The Morgan fingerprint density at radius 2 is 1.84 bits per heavy atom. The first-order chi connectivity index (χ1) is 12.1. The lowest BCUT2D eigenvalue weighted by Gasteiger charge is -2.08. The second kappa shape index (κ2) is 5.79. The number of hydrogen-bond donors (Lipinski definition) is 3. The van der Waals surface area contributed by atoms with Crippen LogP contribution in [0.5, 0.6) is 0 Å². The number of carbonyl (C=O) groups is 1. The predicted molar refractivity (Wildman–Crippen MR) is 95.8 cm³/mol. The number of carbonyl (C=O) groups excluding carboxylic acids is 1. The van der Waals surface area contributed by atoms with Crippen molar-refractivity contribution >= 4 is 33.3 Å². The van der Waals surface area contributed by atoms with Gasteiger partial charge in [0.15, 0.2) is 0 Å². The number of amides is 1. The van der Waals surface area contributed by atoms with Crippen molar-refractivity contribution in [2.45, 2.75) is 6.54 Å². The van der Waals surface area contributed by atoms with E-state index < -0.39 is 17.0 Å². The van der Waals surface area contributed by atoms with Crippen LogP contribution < -0.4 is 16.4 Å². The lowest BCUT2D eigenvalue weighted by Crippen LogP contribution is -2.34. The molecule has 2 aromatic heterocycles. The summed E-state index contributed by atoms with van der Waals surface area (Å²) in [6, 6.07) is 13.9. The van der Waals surface area contributed by atoms with Crippen LogP contribution in [0.1, 0.15) is 0 Å². The number of rotatable bonds is 3.